The molecule has 0 unspecified atom stereocenters. The van der Waals surface area contributed by atoms with Gasteiger partial charge < -0.3 is 4.42 Å². The molecule has 2 heteroatoms. The number of fused-ring (bicyclic) bond motifs is 1. The third kappa shape index (κ3) is 1.01. The van der Waals surface area contributed by atoms with Gasteiger partial charge in [0.15, 0.2) is 0 Å². The second kappa shape index (κ2) is 2.53. The fourth-order valence-electron chi connectivity index (χ4n) is 1.35. The van der Waals surface area contributed by atoms with E-state index in [0.29, 0.717) is 0 Å². The summed E-state index contributed by atoms with van der Waals surface area (Å²) in [5.74, 6) is 0.904. The lowest BCUT2D eigenvalue weighted by atomic mass is 10.2. The van der Waals surface area contributed by atoms with Gasteiger partial charge in [0.25, 0.3) is 0 Å². The molecule has 1 heterocycles. The molecule has 0 radical (unpaired) electrons. The number of furan rings is 1. The summed E-state index contributed by atoms with van der Waals surface area (Å²) in [6, 6.07) is 5.83. The van der Waals surface area contributed by atoms with E-state index in [2.05, 4.69) is 0 Å². The first-order valence-electron chi connectivity index (χ1n) is 3.84. The van der Waals surface area contributed by atoms with E-state index in [0.717, 1.165) is 27.3 Å². The van der Waals surface area contributed by atoms with Gasteiger partial charge in [0.2, 0.25) is 0 Å². The predicted molar refractivity (Wildman–Crippen MR) is 50.7 cm³/mol. The van der Waals surface area contributed by atoms with Gasteiger partial charge in [0.05, 0.1) is 5.02 Å². The van der Waals surface area contributed by atoms with Crippen LogP contribution < -0.4 is 0 Å². The number of hydrogen-bond donors (Lipinski definition) is 0. The normalized spacial score (nSPS) is 10.9. The molecule has 0 N–H and O–H groups in total. The lowest BCUT2D eigenvalue weighted by Crippen LogP contribution is -1.72. The average Bonchev–Trinajstić information content (AvgIpc) is 2.41. The minimum absolute atomic E-state index is 0.757. The highest BCUT2D eigenvalue weighted by atomic mass is 35.5. The monoisotopic (exact) mass is 180 g/mol. The van der Waals surface area contributed by atoms with Crippen molar-refractivity contribution in [2.75, 3.05) is 0 Å². The lowest BCUT2D eigenvalue weighted by molar-refractivity contribution is 0.576. The first kappa shape index (κ1) is 7.69. The highest BCUT2D eigenvalue weighted by Crippen LogP contribution is 2.28. The van der Waals surface area contributed by atoms with Crippen molar-refractivity contribution in [1.29, 1.82) is 0 Å². The average molecular weight is 181 g/mol. The van der Waals surface area contributed by atoms with E-state index >= 15 is 0 Å². The van der Waals surface area contributed by atoms with Crippen molar-refractivity contribution < 1.29 is 4.42 Å². The van der Waals surface area contributed by atoms with Crippen LogP contribution in [0.2, 0.25) is 5.02 Å². The summed E-state index contributed by atoms with van der Waals surface area (Å²) < 4.78 is 5.50. The summed E-state index contributed by atoms with van der Waals surface area (Å²) in [6.45, 7) is 3.94. The minimum Gasteiger partial charge on any atom is -0.461 e. The van der Waals surface area contributed by atoms with Crippen LogP contribution in [-0.4, -0.2) is 0 Å². The maximum atomic E-state index is 5.98. The van der Waals surface area contributed by atoms with Crippen molar-refractivity contribution in [2.45, 2.75) is 13.8 Å². The molecule has 2 aromatic rings. The second-order valence-electron chi connectivity index (χ2n) is 2.96. The zero-order valence-corrected chi connectivity index (χ0v) is 7.77. The van der Waals surface area contributed by atoms with Crippen molar-refractivity contribution in [3.63, 3.8) is 0 Å². The molecule has 0 atom stereocenters. The SMILES string of the molecule is Cc1cc2c(Cl)ccc(C)c2o1. The van der Waals surface area contributed by atoms with Crippen molar-refractivity contribution in [1.82, 2.24) is 0 Å². The first-order chi connectivity index (χ1) is 5.68. The van der Waals surface area contributed by atoms with Gasteiger partial charge >= 0.3 is 0 Å². The van der Waals surface area contributed by atoms with E-state index in [1.165, 1.54) is 0 Å². The molecule has 0 fully saturated rings. The van der Waals surface area contributed by atoms with Gasteiger partial charge in [-0.25, -0.2) is 0 Å². The van der Waals surface area contributed by atoms with Crippen molar-refractivity contribution in [3.05, 3.63) is 34.5 Å². The largest absolute Gasteiger partial charge is 0.461 e. The van der Waals surface area contributed by atoms with Crippen molar-refractivity contribution in [2.24, 2.45) is 0 Å². The van der Waals surface area contributed by atoms with Gasteiger partial charge in [0.1, 0.15) is 11.3 Å². The first-order valence-corrected chi connectivity index (χ1v) is 4.21. The lowest BCUT2D eigenvalue weighted by Gasteiger charge is -1.95. The van der Waals surface area contributed by atoms with E-state index in [-0.39, 0.29) is 0 Å². The molecule has 12 heavy (non-hydrogen) atoms. The number of aryl methyl sites for hydroxylation is 2. The summed E-state index contributed by atoms with van der Waals surface area (Å²) in [5, 5.41) is 1.77. The van der Waals surface area contributed by atoms with Crippen LogP contribution in [0, 0.1) is 13.8 Å². The molecular weight excluding hydrogens is 172 g/mol. The van der Waals surface area contributed by atoms with Gasteiger partial charge in [-0.1, -0.05) is 17.7 Å². The molecule has 0 aliphatic carbocycles. The summed E-state index contributed by atoms with van der Waals surface area (Å²) in [6.07, 6.45) is 0. The predicted octanol–water partition coefficient (Wildman–Crippen LogP) is 3.70. The molecule has 0 bridgehead atoms. The Morgan fingerprint density at radius 1 is 1.25 bits per heavy atom. The third-order valence-electron chi connectivity index (χ3n) is 1.95. The molecule has 2 rings (SSSR count). The fraction of sp³-hybridized carbons (Fsp3) is 0.200. The Balaban J connectivity index is 2.93. The highest BCUT2D eigenvalue weighted by Gasteiger charge is 2.05. The minimum atomic E-state index is 0.757. The van der Waals surface area contributed by atoms with Crippen LogP contribution in [0.1, 0.15) is 11.3 Å². The van der Waals surface area contributed by atoms with Crippen molar-refractivity contribution >= 4 is 22.6 Å². The number of halogens is 1. The molecule has 0 saturated carbocycles. The van der Waals surface area contributed by atoms with E-state index in [1.807, 2.05) is 32.0 Å². The Morgan fingerprint density at radius 3 is 2.67 bits per heavy atom. The van der Waals surface area contributed by atoms with Gasteiger partial charge in [-0.3, -0.25) is 0 Å². The van der Waals surface area contributed by atoms with E-state index in [4.69, 9.17) is 16.0 Å². The Hall–Kier alpha value is -0.950. The molecule has 1 nitrogen and oxygen atoms in total. The van der Waals surface area contributed by atoms with E-state index in [9.17, 15) is 0 Å². The second-order valence-corrected chi connectivity index (χ2v) is 3.37. The molecule has 0 amide bonds. The Kier molecular flexibility index (Phi) is 1.62. The Labute approximate surface area is 75.9 Å². The smallest absolute Gasteiger partial charge is 0.138 e. The molecular formula is C10H9ClO. The Bertz CT molecular complexity index is 390. The van der Waals surface area contributed by atoms with Crippen LogP contribution in [0.25, 0.3) is 11.0 Å². The fourth-order valence-corrected chi connectivity index (χ4v) is 1.55. The maximum absolute atomic E-state index is 5.98. The summed E-state index contributed by atoms with van der Waals surface area (Å²) >= 11 is 5.98. The van der Waals surface area contributed by atoms with Crippen LogP contribution in [-0.2, 0) is 0 Å². The number of hydrogen-bond acceptors (Lipinski definition) is 1. The number of benzene rings is 1. The Morgan fingerprint density at radius 2 is 2.00 bits per heavy atom. The van der Waals surface area contributed by atoms with E-state index in [1.54, 1.807) is 0 Å². The van der Waals surface area contributed by atoms with Crippen LogP contribution in [0.15, 0.2) is 22.6 Å². The van der Waals surface area contributed by atoms with Crippen LogP contribution in [0.4, 0.5) is 0 Å². The molecule has 0 saturated heterocycles. The van der Waals surface area contributed by atoms with Crippen LogP contribution >= 0.6 is 11.6 Å². The number of rotatable bonds is 0. The maximum Gasteiger partial charge on any atom is 0.138 e. The summed E-state index contributed by atoms with van der Waals surface area (Å²) in [5.41, 5.74) is 2.03. The highest BCUT2D eigenvalue weighted by molar-refractivity contribution is 6.35. The van der Waals surface area contributed by atoms with E-state index < -0.39 is 0 Å². The third-order valence-corrected chi connectivity index (χ3v) is 2.28. The van der Waals surface area contributed by atoms with Crippen LogP contribution in [0.5, 0.6) is 0 Å². The van der Waals surface area contributed by atoms with Gasteiger partial charge in [0, 0.05) is 5.39 Å². The molecule has 62 valence electrons. The van der Waals surface area contributed by atoms with Gasteiger partial charge in [-0.05, 0) is 31.5 Å². The summed E-state index contributed by atoms with van der Waals surface area (Å²) in [7, 11) is 0. The molecule has 0 aliphatic heterocycles. The standard InChI is InChI=1S/C10H9ClO/c1-6-3-4-9(11)8-5-7(2)12-10(6)8/h3-5H,1-2H3. The zero-order valence-electron chi connectivity index (χ0n) is 7.02. The summed E-state index contributed by atoms with van der Waals surface area (Å²) in [4.78, 5) is 0. The molecule has 1 aromatic heterocycles. The van der Waals surface area contributed by atoms with Gasteiger partial charge in [-0.2, -0.15) is 0 Å². The topological polar surface area (TPSA) is 13.1 Å². The van der Waals surface area contributed by atoms with Gasteiger partial charge in [-0.15, -0.1) is 0 Å². The quantitative estimate of drug-likeness (QED) is 0.603. The molecule has 1 aromatic carbocycles. The molecule has 0 aliphatic rings. The van der Waals surface area contributed by atoms with Crippen molar-refractivity contribution in [3.8, 4) is 0 Å². The van der Waals surface area contributed by atoms with Crippen LogP contribution in [0.3, 0.4) is 0 Å². The molecule has 0 spiro atoms. The zero-order chi connectivity index (χ0) is 8.72.